The number of rotatable bonds is 6. The third-order valence-electron chi connectivity index (χ3n) is 5.87. The van der Waals surface area contributed by atoms with E-state index in [4.69, 9.17) is 34.8 Å². The van der Waals surface area contributed by atoms with Gasteiger partial charge in [-0.25, -0.2) is 0 Å². The van der Waals surface area contributed by atoms with Crippen LogP contribution in [0.5, 0.6) is 0 Å². The molecule has 6 nitrogen and oxygen atoms in total. The van der Waals surface area contributed by atoms with Crippen molar-refractivity contribution in [3.63, 3.8) is 0 Å². The van der Waals surface area contributed by atoms with Crippen molar-refractivity contribution in [1.29, 1.82) is 0 Å². The summed E-state index contributed by atoms with van der Waals surface area (Å²) in [6, 6.07) is 18.0. The Kier molecular flexibility index (Phi) is 7.88. The van der Waals surface area contributed by atoms with Gasteiger partial charge in [-0.15, -0.1) is 0 Å². The van der Waals surface area contributed by atoms with E-state index < -0.39 is 23.6 Å². The lowest BCUT2D eigenvalue weighted by molar-refractivity contribution is -0.127. The van der Waals surface area contributed by atoms with E-state index in [0.717, 1.165) is 38.7 Å². The zero-order chi connectivity index (χ0) is 27.0. The maximum atomic E-state index is 13.1. The molecule has 0 aliphatic carbocycles. The molecular formula is C27H17BrCl3N3O3S. The largest absolute Gasteiger partial charge is 0.342 e. The Morgan fingerprint density at radius 3 is 2.45 bits per heavy atom. The molecule has 0 unspecified atom stereocenters. The molecule has 38 heavy (non-hydrogen) atoms. The Balaban J connectivity index is 1.38. The molecule has 0 atom stereocenters. The molecule has 1 aliphatic heterocycles. The van der Waals surface area contributed by atoms with E-state index in [-0.39, 0.29) is 4.91 Å². The number of amides is 3. The van der Waals surface area contributed by atoms with Gasteiger partial charge >= 0.3 is 0 Å². The first-order valence-corrected chi connectivity index (χ1v) is 14.0. The number of nitrogens with zero attached hydrogens (tertiary/aromatic N) is 2. The molecule has 1 aliphatic rings. The topological polar surface area (TPSA) is 71.4 Å². The van der Waals surface area contributed by atoms with Crippen molar-refractivity contribution in [2.24, 2.45) is 0 Å². The highest BCUT2D eigenvalue weighted by atomic mass is 79.9. The van der Waals surface area contributed by atoms with E-state index in [0.29, 0.717) is 31.8 Å². The lowest BCUT2D eigenvalue weighted by atomic mass is 10.1. The van der Waals surface area contributed by atoms with Crippen molar-refractivity contribution < 1.29 is 14.4 Å². The van der Waals surface area contributed by atoms with E-state index in [1.807, 2.05) is 35.0 Å². The number of fused-ring (bicyclic) bond motifs is 1. The Hall–Kier alpha value is -2.75. The highest BCUT2D eigenvalue weighted by Gasteiger charge is 2.36. The lowest BCUT2D eigenvalue weighted by Crippen LogP contribution is -2.36. The standard InChI is InChI=1S/C27H17BrCl3N3O3S/c28-19-9-8-16(11-22(19)31)32-25(35)14-34-26(36)24(38-27(34)37)10-15-12-33(23-7-2-1-4-17(15)23)13-18-20(29)5-3-6-21(18)30/h1-12H,13-14H2,(H,32,35)/b24-10-. The summed E-state index contributed by atoms with van der Waals surface area (Å²) in [6.07, 6.45) is 3.56. The van der Waals surface area contributed by atoms with Crippen LogP contribution < -0.4 is 5.32 Å². The van der Waals surface area contributed by atoms with Crippen molar-refractivity contribution in [2.45, 2.75) is 6.54 Å². The SMILES string of the molecule is O=C(CN1C(=O)S/C(=C\c2cn(Cc3c(Cl)cccc3Cl)c3ccccc23)C1=O)Nc1ccc(Br)c(Cl)c1. The Morgan fingerprint density at radius 1 is 0.974 bits per heavy atom. The van der Waals surface area contributed by atoms with E-state index in [1.165, 1.54) is 0 Å². The molecule has 0 bridgehead atoms. The van der Waals surface area contributed by atoms with Gasteiger partial charge in [-0.2, -0.15) is 0 Å². The molecule has 3 amide bonds. The first kappa shape index (κ1) is 26.8. The number of aromatic nitrogens is 1. The van der Waals surface area contributed by atoms with Crippen LogP contribution in [0.15, 0.2) is 76.2 Å². The number of anilines is 1. The molecule has 4 aromatic rings. The highest BCUT2D eigenvalue weighted by Crippen LogP contribution is 2.35. The molecule has 1 fully saturated rings. The molecule has 1 aromatic heterocycles. The maximum Gasteiger partial charge on any atom is 0.294 e. The number of thioether (sulfide) groups is 1. The average Bonchev–Trinajstić information content (AvgIpc) is 3.35. The van der Waals surface area contributed by atoms with Gasteiger partial charge < -0.3 is 9.88 Å². The summed E-state index contributed by atoms with van der Waals surface area (Å²) >= 11 is 22.9. The predicted molar refractivity (Wildman–Crippen MR) is 158 cm³/mol. The minimum atomic E-state index is -0.532. The Bertz CT molecular complexity index is 1630. The van der Waals surface area contributed by atoms with Gasteiger partial charge in [-0.1, -0.05) is 59.1 Å². The monoisotopic (exact) mass is 647 g/mol. The highest BCUT2D eigenvalue weighted by molar-refractivity contribution is 9.10. The van der Waals surface area contributed by atoms with Gasteiger partial charge in [-0.3, -0.25) is 19.3 Å². The number of hydrogen-bond donors (Lipinski definition) is 1. The zero-order valence-electron chi connectivity index (χ0n) is 19.4. The third-order valence-corrected chi connectivity index (χ3v) is 8.72. The van der Waals surface area contributed by atoms with Gasteiger partial charge in [0.25, 0.3) is 11.1 Å². The van der Waals surface area contributed by atoms with Crippen molar-refractivity contribution in [2.75, 3.05) is 11.9 Å². The third kappa shape index (κ3) is 5.51. The molecule has 0 radical (unpaired) electrons. The summed E-state index contributed by atoms with van der Waals surface area (Å²) in [5.41, 5.74) is 2.91. The fraction of sp³-hybridized carbons (Fsp3) is 0.0741. The molecule has 1 saturated heterocycles. The number of benzene rings is 3. The number of imide groups is 1. The van der Waals surface area contributed by atoms with Crippen LogP contribution >= 0.6 is 62.5 Å². The predicted octanol–water partition coefficient (Wildman–Crippen LogP) is 8.09. The summed E-state index contributed by atoms with van der Waals surface area (Å²) in [5, 5.41) is 4.58. The van der Waals surface area contributed by atoms with E-state index in [9.17, 15) is 14.4 Å². The van der Waals surface area contributed by atoms with Gasteiger partial charge in [0.1, 0.15) is 6.54 Å². The summed E-state index contributed by atoms with van der Waals surface area (Å²) in [6.45, 7) is 0.0110. The molecule has 192 valence electrons. The molecule has 0 spiro atoms. The van der Waals surface area contributed by atoms with Crippen LogP contribution in [0.4, 0.5) is 10.5 Å². The molecular weight excluding hydrogens is 633 g/mol. The van der Waals surface area contributed by atoms with Gasteiger partial charge in [0, 0.05) is 48.4 Å². The fourth-order valence-electron chi connectivity index (χ4n) is 4.07. The number of nitrogens with one attached hydrogen (secondary N) is 1. The van der Waals surface area contributed by atoms with E-state index >= 15 is 0 Å². The number of carbonyl (C=O) groups is 3. The quantitative estimate of drug-likeness (QED) is 0.215. The van der Waals surface area contributed by atoms with Crippen LogP contribution in [0.25, 0.3) is 17.0 Å². The van der Waals surface area contributed by atoms with Crippen LogP contribution in [0.3, 0.4) is 0 Å². The molecule has 5 rings (SSSR count). The van der Waals surface area contributed by atoms with Crippen molar-refractivity contribution in [3.05, 3.63) is 102 Å². The molecule has 1 N–H and O–H groups in total. The number of halogens is 4. The summed E-state index contributed by atoms with van der Waals surface area (Å²) in [7, 11) is 0. The van der Waals surface area contributed by atoms with E-state index in [2.05, 4.69) is 21.2 Å². The molecule has 0 saturated carbocycles. The minimum Gasteiger partial charge on any atom is -0.342 e. The van der Waals surface area contributed by atoms with Crippen molar-refractivity contribution in [3.8, 4) is 0 Å². The van der Waals surface area contributed by atoms with Crippen LogP contribution in [-0.2, 0) is 16.1 Å². The molecule has 3 aromatic carbocycles. The zero-order valence-corrected chi connectivity index (χ0v) is 24.1. The Labute approximate surface area is 245 Å². The molecule has 2 heterocycles. The summed E-state index contributed by atoms with van der Waals surface area (Å²) in [4.78, 5) is 39.5. The van der Waals surface area contributed by atoms with Crippen LogP contribution in [0, 0.1) is 0 Å². The van der Waals surface area contributed by atoms with Gasteiger partial charge in [0.2, 0.25) is 5.91 Å². The second-order valence-electron chi connectivity index (χ2n) is 8.37. The van der Waals surface area contributed by atoms with E-state index in [1.54, 1.807) is 42.5 Å². The first-order valence-electron chi connectivity index (χ1n) is 11.2. The Morgan fingerprint density at radius 2 is 1.71 bits per heavy atom. The number of hydrogen-bond acceptors (Lipinski definition) is 4. The van der Waals surface area contributed by atoms with Crippen molar-refractivity contribution in [1.82, 2.24) is 9.47 Å². The van der Waals surface area contributed by atoms with Gasteiger partial charge in [-0.05, 0) is 70.2 Å². The van der Waals surface area contributed by atoms with Crippen LogP contribution in [0.1, 0.15) is 11.1 Å². The first-order chi connectivity index (χ1) is 18.2. The second kappa shape index (κ2) is 11.2. The normalized spacial score (nSPS) is 14.6. The maximum absolute atomic E-state index is 13.1. The molecule has 11 heteroatoms. The number of para-hydroxylation sites is 1. The van der Waals surface area contributed by atoms with Gasteiger partial charge in [0.05, 0.1) is 16.5 Å². The fourth-order valence-corrected chi connectivity index (χ4v) is 5.84. The average molecular weight is 650 g/mol. The van der Waals surface area contributed by atoms with Gasteiger partial charge in [0.15, 0.2) is 0 Å². The lowest BCUT2D eigenvalue weighted by Gasteiger charge is -2.12. The number of carbonyl (C=O) groups excluding carboxylic acids is 3. The van der Waals surface area contributed by atoms with Crippen LogP contribution in [-0.4, -0.2) is 33.1 Å². The second-order valence-corrected chi connectivity index (χ2v) is 11.4. The van der Waals surface area contributed by atoms with Crippen LogP contribution in [0.2, 0.25) is 15.1 Å². The van der Waals surface area contributed by atoms with Crippen molar-refractivity contribution >= 4 is 102 Å². The summed E-state index contributed by atoms with van der Waals surface area (Å²) < 4.78 is 2.68. The minimum absolute atomic E-state index is 0.230. The smallest absolute Gasteiger partial charge is 0.294 e. The summed E-state index contributed by atoms with van der Waals surface area (Å²) in [5.74, 6) is -1.05.